The molecule has 1 aliphatic rings. The highest BCUT2D eigenvalue weighted by molar-refractivity contribution is 7.99. The third-order valence-electron chi connectivity index (χ3n) is 3.12. The van der Waals surface area contributed by atoms with Gasteiger partial charge in [-0.25, -0.2) is 0 Å². The van der Waals surface area contributed by atoms with Crippen molar-refractivity contribution >= 4 is 29.5 Å². The fourth-order valence-electron chi connectivity index (χ4n) is 2.03. The number of carboxylic acids is 1. The summed E-state index contributed by atoms with van der Waals surface area (Å²) in [6, 6.07) is -0.420. The number of amides is 2. The first kappa shape index (κ1) is 16.8. The van der Waals surface area contributed by atoms with E-state index in [1.165, 1.54) is 0 Å². The van der Waals surface area contributed by atoms with Crippen molar-refractivity contribution < 1.29 is 19.5 Å². The van der Waals surface area contributed by atoms with E-state index >= 15 is 0 Å². The number of carbonyl (C=O) groups excluding carboxylic acids is 2. The maximum atomic E-state index is 12.1. The molecular weight excluding hydrogens is 280 g/mol. The summed E-state index contributed by atoms with van der Waals surface area (Å²) < 4.78 is 0. The van der Waals surface area contributed by atoms with Crippen molar-refractivity contribution in [3.05, 3.63) is 0 Å². The lowest BCUT2D eigenvalue weighted by molar-refractivity contribution is -0.138. The summed E-state index contributed by atoms with van der Waals surface area (Å²) in [5.74, 6) is -0.00271. The average Bonchev–Trinajstić information content (AvgIpc) is 2.84. The van der Waals surface area contributed by atoms with Crippen LogP contribution in [0.25, 0.3) is 0 Å². The molecule has 0 aliphatic carbocycles. The Labute approximate surface area is 123 Å². The summed E-state index contributed by atoms with van der Waals surface area (Å²) in [4.78, 5) is 36.2. The monoisotopic (exact) mass is 302 g/mol. The second kappa shape index (κ2) is 8.14. The molecule has 114 valence electrons. The molecule has 0 bridgehead atoms. The Hall–Kier alpha value is -1.24. The molecule has 6 nitrogen and oxygen atoms in total. The summed E-state index contributed by atoms with van der Waals surface area (Å²) in [5, 5.41) is 11.4. The van der Waals surface area contributed by atoms with Crippen molar-refractivity contribution in [1.29, 1.82) is 0 Å². The van der Waals surface area contributed by atoms with Gasteiger partial charge >= 0.3 is 5.97 Å². The Balaban J connectivity index is 2.45. The van der Waals surface area contributed by atoms with Crippen molar-refractivity contribution in [3.63, 3.8) is 0 Å². The van der Waals surface area contributed by atoms with Crippen LogP contribution in [0.3, 0.4) is 0 Å². The molecule has 1 aliphatic heterocycles. The molecule has 1 rings (SSSR count). The molecule has 0 saturated carbocycles. The summed E-state index contributed by atoms with van der Waals surface area (Å²) in [6.07, 6.45) is 1.25. The van der Waals surface area contributed by atoms with Crippen LogP contribution < -0.4 is 5.32 Å². The summed E-state index contributed by atoms with van der Waals surface area (Å²) in [7, 11) is 0. The molecule has 2 amide bonds. The predicted molar refractivity (Wildman–Crippen MR) is 77.3 cm³/mol. The number of aliphatic carboxylic acids is 1. The van der Waals surface area contributed by atoms with Gasteiger partial charge in [0.1, 0.15) is 6.04 Å². The topological polar surface area (TPSA) is 86.7 Å². The van der Waals surface area contributed by atoms with Gasteiger partial charge in [0.2, 0.25) is 11.8 Å². The van der Waals surface area contributed by atoms with E-state index in [1.807, 2.05) is 6.92 Å². The van der Waals surface area contributed by atoms with E-state index in [9.17, 15) is 14.4 Å². The Morgan fingerprint density at radius 1 is 1.45 bits per heavy atom. The van der Waals surface area contributed by atoms with Gasteiger partial charge in [-0.1, -0.05) is 13.8 Å². The van der Waals surface area contributed by atoms with Crippen LogP contribution >= 0.6 is 11.8 Å². The standard InChI is InChI=1S/C13H22N2O4S/c1-3-4-11(16)15-8-20-7-10(15)13(19)14-6-9(2)5-12(17)18/h9-10H,3-8H2,1-2H3,(H,14,19)(H,17,18). The third kappa shape index (κ3) is 5.03. The summed E-state index contributed by atoms with van der Waals surface area (Å²) in [6.45, 7) is 4.03. The van der Waals surface area contributed by atoms with E-state index in [4.69, 9.17) is 5.11 Å². The van der Waals surface area contributed by atoms with Crippen LogP contribution in [0.5, 0.6) is 0 Å². The minimum Gasteiger partial charge on any atom is -0.481 e. The minimum absolute atomic E-state index is 0.0104. The van der Waals surface area contributed by atoms with Crippen LogP contribution in [0.2, 0.25) is 0 Å². The number of carbonyl (C=O) groups is 3. The number of nitrogens with zero attached hydrogens (tertiary/aromatic N) is 1. The lowest BCUT2D eigenvalue weighted by Gasteiger charge is -2.23. The van der Waals surface area contributed by atoms with Gasteiger partial charge < -0.3 is 15.3 Å². The average molecular weight is 302 g/mol. The van der Waals surface area contributed by atoms with Crippen molar-refractivity contribution in [3.8, 4) is 0 Å². The zero-order chi connectivity index (χ0) is 15.1. The van der Waals surface area contributed by atoms with E-state index in [0.29, 0.717) is 24.6 Å². The molecule has 1 saturated heterocycles. The van der Waals surface area contributed by atoms with Crippen LogP contribution in [0.15, 0.2) is 0 Å². The number of nitrogens with one attached hydrogen (secondary N) is 1. The Morgan fingerprint density at radius 3 is 2.75 bits per heavy atom. The zero-order valence-corrected chi connectivity index (χ0v) is 12.7. The minimum atomic E-state index is -0.872. The normalized spacial score (nSPS) is 19.7. The number of carboxylic acid groups (broad SMARTS) is 1. The van der Waals surface area contributed by atoms with E-state index in [2.05, 4.69) is 5.32 Å². The second-order valence-corrected chi connectivity index (χ2v) is 6.08. The van der Waals surface area contributed by atoms with Gasteiger partial charge in [0.25, 0.3) is 0 Å². The lowest BCUT2D eigenvalue weighted by Crippen LogP contribution is -2.48. The first-order valence-electron chi connectivity index (χ1n) is 6.82. The highest BCUT2D eigenvalue weighted by Gasteiger charge is 2.34. The number of rotatable bonds is 7. The molecule has 0 spiro atoms. The van der Waals surface area contributed by atoms with Gasteiger partial charge in [-0.3, -0.25) is 14.4 Å². The molecule has 0 aromatic heterocycles. The van der Waals surface area contributed by atoms with Gasteiger partial charge in [0, 0.05) is 25.1 Å². The fraction of sp³-hybridized carbons (Fsp3) is 0.769. The molecule has 0 radical (unpaired) electrons. The predicted octanol–water partition coefficient (Wildman–Crippen LogP) is 0.915. The SMILES string of the molecule is CCCC(=O)N1CSCC1C(=O)NCC(C)CC(=O)O. The van der Waals surface area contributed by atoms with Gasteiger partial charge in [-0.15, -0.1) is 11.8 Å². The lowest BCUT2D eigenvalue weighted by atomic mass is 10.1. The van der Waals surface area contributed by atoms with Crippen molar-refractivity contribution in [1.82, 2.24) is 10.2 Å². The first-order chi connectivity index (χ1) is 9.45. The van der Waals surface area contributed by atoms with Crippen LogP contribution in [0.4, 0.5) is 0 Å². The molecule has 2 atom stereocenters. The smallest absolute Gasteiger partial charge is 0.303 e. The molecule has 2 unspecified atom stereocenters. The van der Waals surface area contributed by atoms with Gasteiger partial charge in [-0.2, -0.15) is 0 Å². The molecule has 1 fully saturated rings. The fourth-order valence-corrected chi connectivity index (χ4v) is 3.21. The highest BCUT2D eigenvalue weighted by Crippen LogP contribution is 2.22. The van der Waals surface area contributed by atoms with E-state index in [-0.39, 0.29) is 24.2 Å². The van der Waals surface area contributed by atoms with Crippen LogP contribution in [-0.2, 0) is 14.4 Å². The summed E-state index contributed by atoms with van der Waals surface area (Å²) >= 11 is 1.57. The molecule has 1 heterocycles. The molecule has 0 aromatic carbocycles. The van der Waals surface area contributed by atoms with Crippen molar-refractivity contribution in [2.45, 2.75) is 39.2 Å². The molecule has 7 heteroatoms. The Bertz CT molecular complexity index is 375. The maximum absolute atomic E-state index is 12.1. The second-order valence-electron chi connectivity index (χ2n) is 5.08. The van der Waals surface area contributed by atoms with E-state index in [1.54, 1.807) is 23.6 Å². The van der Waals surface area contributed by atoms with E-state index in [0.717, 1.165) is 6.42 Å². The van der Waals surface area contributed by atoms with Gasteiger partial charge in [0.05, 0.1) is 5.88 Å². The largest absolute Gasteiger partial charge is 0.481 e. The Morgan fingerprint density at radius 2 is 2.15 bits per heavy atom. The van der Waals surface area contributed by atoms with Gasteiger partial charge in [0.15, 0.2) is 0 Å². The van der Waals surface area contributed by atoms with Crippen molar-refractivity contribution in [2.24, 2.45) is 5.92 Å². The maximum Gasteiger partial charge on any atom is 0.303 e. The molecule has 20 heavy (non-hydrogen) atoms. The zero-order valence-electron chi connectivity index (χ0n) is 11.9. The van der Waals surface area contributed by atoms with Crippen LogP contribution in [0, 0.1) is 5.92 Å². The van der Waals surface area contributed by atoms with Crippen molar-refractivity contribution in [2.75, 3.05) is 18.2 Å². The molecular formula is C13H22N2O4S. The van der Waals surface area contributed by atoms with E-state index < -0.39 is 12.0 Å². The summed E-state index contributed by atoms with van der Waals surface area (Å²) in [5.41, 5.74) is 0. The van der Waals surface area contributed by atoms with Crippen LogP contribution in [-0.4, -0.2) is 52.0 Å². The third-order valence-corrected chi connectivity index (χ3v) is 4.13. The first-order valence-corrected chi connectivity index (χ1v) is 7.97. The number of hydrogen-bond donors (Lipinski definition) is 2. The van der Waals surface area contributed by atoms with Crippen LogP contribution in [0.1, 0.15) is 33.1 Å². The highest BCUT2D eigenvalue weighted by atomic mass is 32.2. The molecule has 0 aromatic rings. The number of hydrogen-bond acceptors (Lipinski definition) is 4. The van der Waals surface area contributed by atoms with Gasteiger partial charge in [-0.05, 0) is 12.3 Å². The quantitative estimate of drug-likeness (QED) is 0.730. The molecule has 2 N–H and O–H groups in total. The number of thioether (sulfide) groups is 1. The Kier molecular flexibility index (Phi) is 6.84.